The van der Waals surface area contributed by atoms with Gasteiger partial charge in [-0.25, -0.2) is 0 Å². The molecule has 0 aliphatic heterocycles. The smallest absolute Gasteiger partial charge is 0.289 e. The van der Waals surface area contributed by atoms with Gasteiger partial charge >= 0.3 is 0 Å². The molecule has 0 spiro atoms. The number of amides is 1. The van der Waals surface area contributed by atoms with Crippen molar-refractivity contribution < 1.29 is 14.3 Å². The van der Waals surface area contributed by atoms with Crippen molar-refractivity contribution in [2.75, 3.05) is 13.2 Å². The second kappa shape index (κ2) is 7.08. The third kappa shape index (κ3) is 3.95. The maximum atomic E-state index is 12.4. The van der Waals surface area contributed by atoms with Crippen molar-refractivity contribution >= 4 is 5.91 Å². The number of rotatable bonds is 7. The van der Waals surface area contributed by atoms with Crippen LogP contribution in [0.2, 0.25) is 0 Å². The van der Waals surface area contributed by atoms with E-state index in [2.05, 4.69) is 5.10 Å². The highest BCUT2D eigenvalue weighted by atomic mass is 16.4. The molecular weight excluding hydrogens is 270 g/mol. The predicted octanol–water partition coefficient (Wildman–Crippen LogP) is 1.76. The van der Waals surface area contributed by atoms with Gasteiger partial charge in [0.15, 0.2) is 5.76 Å². The SMILES string of the molecule is CC(C)N(CCCO)C(=O)c1ccc(Cn2cccn2)o1. The number of aliphatic hydroxyl groups excluding tert-OH is 1. The minimum Gasteiger partial charge on any atom is -0.454 e. The number of hydrogen-bond acceptors (Lipinski definition) is 4. The quantitative estimate of drug-likeness (QED) is 0.843. The van der Waals surface area contributed by atoms with E-state index in [1.54, 1.807) is 27.9 Å². The highest BCUT2D eigenvalue weighted by molar-refractivity contribution is 5.91. The lowest BCUT2D eigenvalue weighted by Gasteiger charge is -2.25. The van der Waals surface area contributed by atoms with Crippen molar-refractivity contribution in [2.45, 2.75) is 32.9 Å². The van der Waals surface area contributed by atoms with Crippen LogP contribution >= 0.6 is 0 Å². The molecule has 6 heteroatoms. The molecule has 0 saturated heterocycles. The van der Waals surface area contributed by atoms with Crippen molar-refractivity contribution in [1.29, 1.82) is 0 Å². The highest BCUT2D eigenvalue weighted by Crippen LogP contribution is 2.14. The fraction of sp³-hybridized carbons (Fsp3) is 0.467. The van der Waals surface area contributed by atoms with Crippen LogP contribution in [0.5, 0.6) is 0 Å². The molecule has 114 valence electrons. The monoisotopic (exact) mass is 291 g/mol. The van der Waals surface area contributed by atoms with Crippen molar-refractivity contribution in [3.05, 3.63) is 42.1 Å². The number of nitrogens with zero attached hydrogens (tertiary/aromatic N) is 3. The van der Waals surface area contributed by atoms with Gasteiger partial charge in [0.2, 0.25) is 0 Å². The zero-order valence-corrected chi connectivity index (χ0v) is 12.4. The Hall–Kier alpha value is -2.08. The number of furan rings is 1. The van der Waals surface area contributed by atoms with Gasteiger partial charge in [-0.2, -0.15) is 5.10 Å². The fourth-order valence-electron chi connectivity index (χ4n) is 2.11. The van der Waals surface area contributed by atoms with Crippen LogP contribution in [-0.2, 0) is 6.54 Å². The van der Waals surface area contributed by atoms with Crippen LogP contribution in [0, 0.1) is 0 Å². The van der Waals surface area contributed by atoms with E-state index in [1.807, 2.05) is 26.1 Å². The average Bonchev–Trinajstić information content (AvgIpc) is 3.11. The van der Waals surface area contributed by atoms with E-state index < -0.39 is 0 Å². The Balaban J connectivity index is 2.06. The zero-order valence-electron chi connectivity index (χ0n) is 12.4. The Morgan fingerprint density at radius 3 is 2.90 bits per heavy atom. The van der Waals surface area contributed by atoms with E-state index in [4.69, 9.17) is 9.52 Å². The van der Waals surface area contributed by atoms with Gasteiger partial charge < -0.3 is 14.4 Å². The third-order valence-electron chi connectivity index (χ3n) is 3.19. The maximum Gasteiger partial charge on any atom is 0.289 e. The van der Waals surface area contributed by atoms with Gasteiger partial charge in [-0.15, -0.1) is 0 Å². The number of aliphatic hydroxyl groups is 1. The van der Waals surface area contributed by atoms with E-state index in [1.165, 1.54) is 0 Å². The van der Waals surface area contributed by atoms with Crippen LogP contribution < -0.4 is 0 Å². The Bertz CT molecular complexity index is 560. The summed E-state index contributed by atoms with van der Waals surface area (Å²) in [6, 6.07) is 5.38. The van der Waals surface area contributed by atoms with Gasteiger partial charge in [-0.1, -0.05) is 0 Å². The van der Waals surface area contributed by atoms with E-state index >= 15 is 0 Å². The van der Waals surface area contributed by atoms with Crippen LogP contribution in [-0.4, -0.2) is 44.9 Å². The van der Waals surface area contributed by atoms with Crippen LogP contribution in [0.3, 0.4) is 0 Å². The molecule has 0 aliphatic carbocycles. The molecule has 1 amide bonds. The standard InChI is InChI=1S/C15H21N3O3/c1-12(2)18(9-4-10-19)15(20)14-6-5-13(21-14)11-17-8-3-7-16-17/h3,5-8,12,19H,4,9-11H2,1-2H3. The summed E-state index contributed by atoms with van der Waals surface area (Å²) in [6.45, 7) is 4.98. The topological polar surface area (TPSA) is 71.5 Å². The molecule has 0 saturated carbocycles. The molecule has 2 aromatic heterocycles. The minimum atomic E-state index is -0.148. The molecule has 0 bridgehead atoms. The minimum absolute atomic E-state index is 0.0590. The van der Waals surface area contributed by atoms with Crippen LogP contribution in [0.4, 0.5) is 0 Å². The first-order chi connectivity index (χ1) is 10.1. The number of carbonyl (C=O) groups excluding carboxylic acids is 1. The molecular formula is C15H21N3O3. The van der Waals surface area contributed by atoms with Crippen LogP contribution in [0.1, 0.15) is 36.6 Å². The molecule has 2 heterocycles. The van der Waals surface area contributed by atoms with Gasteiger partial charge in [0.1, 0.15) is 5.76 Å². The number of hydrogen-bond donors (Lipinski definition) is 1. The molecule has 6 nitrogen and oxygen atoms in total. The summed E-state index contributed by atoms with van der Waals surface area (Å²) >= 11 is 0. The first kappa shape index (κ1) is 15.3. The number of aromatic nitrogens is 2. The highest BCUT2D eigenvalue weighted by Gasteiger charge is 2.21. The maximum absolute atomic E-state index is 12.4. The summed E-state index contributed by atoms with van der Waals surface area (Å²) in [4.78, 5) is 14.1. The van der Waals surface area contributed by atoms with Gasteiger partial charge in [0, 0.05) is 31.6 Å². The van der Waals surface area contributed by atoms with E-state index in [-0.39, 0.29) is 18.6 Å². The molecule has 0 unspecified atom stereocenters. The van der Waals surface area contributed by atoms with Gasteiger partial charge in [-0.05, 0) is 38.5 Å². The van der Waals surface area contributed by atoms with Crippen LogP contribution in [0.25, 0.3) is 0 Å². The van der Waals surface area contributed by atoms with Crippen molar-refractivity contribution in [3.8, 4) is 0 Å². The lowest BCUT2D eigenvalue weighted by molar-refractivity contribution is 0.0658. The van der Waals surface area contributed by atoms with E-state index in [0.29, 0.717) is 31.0 Å². The molecule has 0 radical (unpaired) electrons. The molecule has 2 aromatic rings. The van der Waals surface area contributed by atoms with Crippen molar-refractivity contribution in [3.63, 3.8) is 0 Å². The first-order valence-corrected chi connectivity index (χ1v) is 7.09. The fourth-order valence-corrected chi connectivity index (χ4v) is 2.11. The van der Waals surface area contributed by atoms with E-state index in [0.717, 1.165) is 0 Å². The van der Waals surface area contributed by atoms with Crippen molar-refractivity contribution in [2.24, 2.45) is 0 Å². The normalized spacial score (nSPS) is 11.0. The average molecular weight is 291 g/mol. The Labute approximate surface area is 124 Å². The zero-order chi connectivity index (χ0) is 15.2. The number of carbonyl (C=O) groups is 1. The third-order valence-corrected chi connectivity index (χ3v) is 3.19. The summed E-state index contributed by atoms with van der Waals surface area (Å²) < 4.78 is 7.35. The lowest BCUT2D eigenvalue weighted by Crippen LogP contribution is -2.37. The summed E-state index contributed by atoms with van der Waals surface area (Å²) in [5, 5.41) is 13.0. The molecule has 0 aliphatic rings. The largest absolute Gasteiger partial charge is 0.454 e. The summed E-state index contributed by atoms with van der Waals surface area (Å²) in [5.41, 5.74) is 0. The Morgan fingerprint density at radius 2 is 2.29 bits per heavy atom. The Kier molecular flexibility index (Phi) is 5.16. The van der Waals surface area contributed by atoms with Crippen LogP contribution in [0.15, 0.2) is 35.0 Å². The second-order valence-corrected chi connectivity index (χ2v) is 5.14. The van der Waals surface area contributed by atoms with Gasteiger partial charge in [-0.3, -0.25) is 9.48 Å². The molecule has 0 fully saturated rings. The van der Waals surface area contributed by atoms with E-state index in [9.17, 15) is 4.79 Å². The molecule has 1 N–H and O–H groups in total. The van der Waals surface area contributed by atoms with Crippen molar-refractivity contribution in [1.82, 2.24) is 14.7 Å². The lowest BCUT2D eigenvalue weighted by atomic mass is 10.2. The summed E-state index contributed by atoms with van der Waals surface area (Å²) in [7, 11) is 0. The molecule has 0 atom stereocenters. The first-order valence-electron chi connectivity index (χ1n) is 7.09. The molecule has 21 heavy (non-hydrogen) atoms. The second-order valence-electron chi connectivity index (χ2n) is 5.14. The Morgan fingerprint density at radius 1 is 1.48 bits per heavy atom. The van der Waals surface area contributed by atoms with Gasteiger partial charge in [0.25, 0.3) is 5.91 Å². The molecule has 0 aromatic carbocycles. The summed E-state index contributed by atoms with van der Waals surface area (Å²) in [6.07, 6.45) is 4.10. The predicted molar refractivity (Wildman–Crippen MR) is 77.9 cm³/mol. The van der Waals surface area contributed by atoms with Gasteiger partial charge in [0.05, 0.1) is 6.54 Å². The summed E-state index contributed by atoms with van der Waals surface area (Å²) in [5.74, 6) is 0.863. The molecule has 2 rings (SSSR count).